The number of carbonyl (C=O) groups is 2. The van der Waals surface area contributed by atoms with Crippen molar-refractivity contribution in [1.29, 1.82) is 0 Å². The Kier molecular flexibility index (Phi) is 3.21. The molecule has 1 rings (SSSR count). The van der Waals surface area contributed by atoms with Crippen LogP contribution in [-0.4, -0.2) is 28.8 Å². The number of carbonyl (C=O) groups excluding carboxylic acids is 1. The van der Waals surface area contributed by atoms with Crippen molar-refractivity contribution < 1.29 is 19.4 Å². The van der Waals surface area contributed by atoms with Gasteiger partial charge in [0.1, 0.15) is 5.60 Å². The Morgan fingerprint density at radius 2 is 1.87 bits per heavy atom. The Hall–Kier alpha value is -1.26. The number of hydrogen-bond donors (Lipinski definition) is 2. The summed E-state index contributed by atoms with van der Waals surface area (Å²) >= 11 is 0. The Morgan fingerprint density at radius 3 is 2.27 bits per heavy atom. The van der Waals surface area contributed by atoms with E-state index in [1.165, 1.54) is 0 Å². The minimum absolute atomic E-state index is 0.0972. The van der Waals surface area contributed by atoms with Crippen LogP contribution in [0.2, 0.25) is 0 Å². The van der Waals surface area contributed by atoms with Crippen LogP contribution in [0.25, 0.3) is 0 Å². The van der Waals surface area contributed by atoms with Gasteiger partial charge in [-0.3, -0.25) is 4.79 Å². The lowest BCUT2D eigenvalue weighted by molar-refractivity contribution is -0.163. The van der Waals surface area contributed by atoms with Crippen molar-refractivity contribution in [2.45, 2.75) is 45.3 Å². The second-order valence-corrected chi connectivity index (χ2v) is 4.85. The van der Waals surface area contributed by atoms with Crippen LogP contribution < -0.4 is 5.32 Å². The largest absolute Gasteiger partial charge is 0.465 e. The van der Waals surface area contributed by atoms with Gasteiger partial charge in [0.25, 0.3) is 0 Å². The summed E-state index contributed by atoms with van der Waals surface area (Å²) in [5.41, 5.74) is -0.470. The normalized spacial score (nSPS) is 25.3. The molecule has 0 unspecified atom stereocenters. The van der Waals surface area contributed by atoms with E-state index in [-0.39, 0.29) is 17.9 Å². The smallest absolute Gasteiger partial charge is 0.404 e. The molecule has 0 saturated heterocycles. The molecule has 0 aromatic carbocycles. The SMILES string of the molecule is CC(C)(C)OC(=O)C1CC(NC(=O)O)C1. The van der Waals surface area contributed by atoms with Crippen molar-refractivity contribution in [1.82, 2.24) is 5.32 Å². The third kappa shape index (κ3) is 3.77. The van der Waals surface area contributed by atoms with Gasteiger partial charge < -0.3 is 15.2 Å². The van der Waals surface area contributed by atoms with Gasteiger partial charge >= 0.3 is 12.1 Å². The van der Waals surface area contributed by atoms with E-state index in [0.29, 0.717) is 12.8 Å². The molecule has 0 radical (unpaired) electrons. The number of ether oxygens (including phenoxy) is 1. The summed E-state index contributed by atoms with van der Waals surface area (Å²) in [6, 6.07) is -0.0972. The molecule has 1 amide bonds. The van der Waals surface area contributed by atoms with Gasteiger partial charge in [0.15, 0.2) is 0 Å². The maximum absolute atomic E-state index is 11.5. The summed E-state index contributed by atoms with van der Waals surface area (Å²) in [6.45, 7) is 5.45. The van der Waals surface area contributed by atoms with Crippen molar-refractivity contribution in [2.75, 3.05) is 0 Å². The van der Waals surface area contributed by atoms with Crippen molar-refractivity contribution in [3.8, 4) is 0 Å². The fourth-order valence-corrected chi connectivity index (χ4v) is 1.49. The molecule has 0 bridgehead atoms. The van der Waals surface area contributed by atoms with E-state index in [2.05, 4.69) is 5.32 Å². The highest BCUT2D eigenvalue weighted by atomic mass is 16.6. The third-order valence-electron chi connectivity index (χ3n) is 2.21. The van der Waals surface area contributed by atoms with E-state index >= 15 is 0 Å². The van der Waals surface area contributed by atoms with Gasteiger partial charge in [-0.25, -0.2) is 4.79 Å². The first-order valence-electron chi connectivity index (χ1n) is 5.00. The number of carboxylic acid groups (broad SMARTS) is 1. The second kappa shape index (κ2) is 4.08. The van der Waals surface area contributed by atoms with Crippen LogP contribution >= 0.6 is 0 Å². The standard InChI is InChI=1S/C10H17NO4/c1-10(2,3)15-8(12)6-4-7(5-6)11-9(13)14/h6-7,11H,4-5H2,1-3H3,(H,13,14). The first-order chi connectivity index (χ1) is 6.78. The van der Waals surface area contributed by atoms with Crippen LogP contribution in [0, 0.1) is 5.92 Å². The third-order valence-corrected chi connectivity index (χ3v) is 2.21. The Bertz CT molecular complexity index is 263. The molecule has 5 heteroatoms. The molecule has 1 fully saturated rings. The zero-order valence-electron chi connectivity index (χ0n) is 9.24. The summed E-state index contributed by atoms with van der Waals surface area (Å²) in [6.07, 6.45) is 0.0465. The summed E-state index contributed by atoms with van der Waals surface area (Å²) in [7, 11) is 0. The zero-order chi connectivity index (χ0) is 11.6. The topological polar surface area (TPSA) is 75.6 Å². The van der Waals surface area contributed by atoms with Crippen LogP contribution in [0.15, 0.2) is 0 Å². The minimum Gasteiger partial charge on any atom is -0.465 e. The molecule has 0 atom stereocenters. The Morgan fingerprint density at radius 1 is 1.33 bits per heavy atom. The fourth-order valence-electron chi connectivity index (χ4n) is 1.49. The fraction of sp³-hybridized carbons (Fsp3) is 0.800. The molecule has 0 spiro atoms. The van der Waals surface area contributed by atoms with E-state index < -0.39 is 11.7 Å². The molecule has 1 aliphatic rings. The van der Waals surface area contributed by atoms with E-state index in [1.54, 1.807) is 0 Å². The molecule has 0 aliphatic heterocycles. The first-order valence-corrected chi connectivity index (χ1v) is 5.00. The molecule has 0 heterocycles. The highest BCUT2D eigenvalue weighted by molar-refractivity contribution is 5.74. The molecule has 0 aromatic rings. The predicted molar refractivity (Wildman–Crippen MR) is 53.5 cm³/mol. The second-order valence-electron chi connectivity index (χ2n) is 4.85. The zero-order valence-corrected chi connectivity index (χ0v) is 9.24. The van der Waals surface area contributed by atoms with Crippen molar-refractivity contribution in [2.24, 2.45) is 5.92 Å². The molecule has 2 N–H and O–H groups in total. The molecule has 5 nitrogen and oxygen atoms in total. The van der Waals surface area contributed by atoms with E-state index in [4.69, 9.17) is 9.84 Å². The Balaban J connectivity index is 2.27. The van der Waals surface area contributed by atoms with Gasteiger partial charge in [-0.15, -0.1) is 0 Å². The number of rotatable bonds is 2. The lowest BCUT2D eigenvalue weighted by Crippen LogP contribution is -2.47. The maximum atomic E-state index is 11.5. The number of esters is 1. The van der Waals surface area contributed by atoms with Crippen molar-refractivity contribution >= 4 is 12.1 Å². The number of hydrogen-bond acceptors (Lipinski definition) is 3. The molecule has 86 valence electrons. The molecule has 1 aliphatic carbocycles. The lowest BCUT2D eigenvalue weighted by Gasteiger charge is -2.35. The minimum atomic E-state index is -1.04. The quantitative estimate of drug-likeness (QED) is 0.682. The first kappa shape index (κ1) is 11.8. The average molecular weight is 215 g/mol. The summed E-state index contributed by atoms with van der Waals surface area (Å²) in [5.74, 6) is -0.382. The van der Waals surface area contributed by atoms with Crippen LogP contribution in [0.5, 0.6) is 0 Å². The molecular formula is C10H17NO4. The van der Waals surface area contributed by atoms with Crippen LogP contribution in [0.3, 0.4) is 0 Å². The van der Waals surface area contributed by atoms with Gasteiger partial charge in [0.05, 0.1) is 5.92 Å². The van der Waals surface area contributed by atoms with Crippen LogP contribution in [0.1, 0.15) is 33.6 Å². The molecule has 0 aromatic heterocycles. The summed E-state index contributed by atoms with van der Waals surface area (Å²) in [4.78, 5) is 21.8. The number of amides is 1. The Labute approximate surface area is 88.8 Å². The van der Waals surface area contributed by atoms with Gasteiger partial charge in [-0.1, -0.05) is 0 Å². The van der Waals surface area contributed by atoms with Gasteiger partial charge in [-0.05, 0) is 33.6 Å². The monoisotopic (exact) mass is 215 g/mol. The van der Waals surface area contributed by atoms with Crippen molar-refractivity contribution in [3.05, 3.63) is 0 Å². The van der Waals surface area contributed by atoms with Gasteiger partial charge in [0, 0.05) is 6.04 Å². The van der Waals surface area contributed by atoms with E-state index in [1.807, 2.05) is 20.8 Å². The highest BCUT2D eigenvalue weighted by Crippen LogP contribution is 2.29. The summed E-state index contributed by atoms with van der Waals surface area (Å²) < 4.78 is 5.18. The molecule has 1 saturated carbocycles. The highest BCUT2D eigenvalue weighted by Gasteiger charge is 2.37. The van der Waals surface area contributed by atoms with E-state index in [9.17, 15) is 9.59 Å². The number of nitrogens with one attached hydrogen (secondary N) is 1. The lowest BCUT2D eigenvalue weighted by atomic mass is 9.80. The van der Waals surface area contributed by atoms with Gasteiger partial charge in [0.2, 0.25) is 0 Å². The molecule has 15 heavy (non-hydrogen) atoms. The van der Waals surface area contributed by atoms with Gasteiger partial charge in [-0.2, -0.15) is 0 Å². The van der Waals surface area contributed by atoms with E-state index in [0.717, 1.165) is 0 Å². The summed E-state index contributed by atoms with van der Waals surface area (Å²) in [5, 5.41) is 10.8. The predicted octanol–water partition coefficient (Wildman–Crippen LogP) is 1.37. The van der Waals surface area contributed by atoms with Crippen LogP contribution in [-0.2, 0) is 9.53 Å². The average Bonchev–Trinajstić information content (AvgIpc) is 1.91. The van der Waals surface area contributed by atoms with Crippen LogP contribution in [0.4, 0.5) is 4.79 Å². The van der Waals surface area contributed by atoms with Crippen molar-refractivity contribution in [3.63, 3.8) is 0 Å². The maximum Gasteiger partial charge on any atom is 0.404 e. The molecular weight excluding hydrogens is 198 g/mol.